The summed E-state index contributed by atoms with van der Waals surface area (Å²) in [4.78, 5) is 16.8. The van der Waals surface area contributed by atoms with Crippen LogP contribution >= 0.6 is 0 Å². The summed E-state index contributed by atoms with van der Waals surface area (Å²) in [7, 11) is -1.48. The third-order valence-corrected chi connectivity index (χ3v) is 5.46. The Morgan fingerprint density at radius 3 is 2.30 bits per heavy atom. The van der Waals surface area contributed by atoms with Gasteiger partial charge < -0.3 is 14.5 Å². The highest BCUT2D eigenvalue weighted by Gasteiger charge is 2.22. The number of hydrogen-bond acceptors (Lipinski definition) is 5. The Labute approximate surface area is 160 Å². The van der Waals surface area contributed by atoms with Crippen LogP contribution in [0.2, 0.25) is 0 Å². The lowest BCUT2D eigenvalue weighted by atomic mass is 10.1. The van der Waals surface area contributed by atoms with Crippen molar-refractivity contribution in [3.63, 3.8) is 0 Å². The molecule has 7 heteroatoms. The molecule has 0 aromatic heterocycles. The number of methoxy groups -OCH3 is 1. The molecular formula is C20H24N2O4S. The molecule has 0 radical (unpaired) electrons. The number of nitrogens with zero attached hydrogens (tertiary/aromatic N) is 2. The quantitative estimate of drug-likeness (QED) is 0.786. The number of hydrogen-bond donors (Lipinski definition) is 0. The molecule has 1 aliphatic heterocycles. The molecule has 1 amide bonds. The van der Waals surface area contributed by atoms with Crippen LogP contribution in [0, 0.1) is 0 Å². The monoisotopic (exact) mass is 388 g/mol. The SMILES string of the molecule is COc1ccc(N2CCN(C(=O)c3cccc(CS(C)(=O)=O)c3)CC2)cc1. The second-order valence-corrected chi connectivity index (χ2v) is 8.89. The molecule has 3 rings (SSSR count). The zero-order chi connectivity index (χ0) is 19.4. The summed E-state index contributed by atoms with van der Waals surface area (Å²) in [6.45, 7) is 2.75. The van der Waals surface area contributed by atoms with Gasteiger partial charge in [0.05, 0.1) is 12.9 Å². The van der Waals surface area contributed by atoms with Crippen molar-refractivity contribution in [1.29, 1.82) is 0 Å². The second kappa shape index (κ2) is 8.00. The molecule has 144 valence electrons. The molecule has 0 aliphatic carbocycles. The average molecular weight is 388 g/mol. The van der Waals surface area contributed by atoms with E-state index in [4.69, 9.17) is 4.74 Å². The highest BCUT2D eigenvalue weighted by Crippen LogP contribution is 2.21. The van der Waals surface area contributed by atoms with E-state index in [0.29, 0.717) is 24.2 Å². The molecule has 1 saturated heterocycles. The largest absolute Gasteiger partial charge is 0.497 e. The lowest BCUT2D eigenvalue weighted by Gasteiger charge is -2.36. The highest BCUT2D eigenvalue weighted by molar-refractivity contribution is 7.89. The van der Waals surface area contributed by atoms with E-state index >= 15 is 0 Å². The van der Waals surface area contributed by atoms with Crippen molar-refractivity contribution in [3.05, 3.63) is 59.7 Å². The van der Waals surface area contributed by atoms with E-state index in [1.807, 2.05) is 29.2 Å². The van der Waals surface area contributed by atoms with Gasteiger partial charge in [-0.2, -0.15) is 0 Å². The van der Waals surface area contributed by atoms with Crippen molar-refractivity contribution < 1.29 is 17.9 Å². The first-order valence-corrected chi connectivity index (χ1v) is 10.9. The first-order chi connectivity index (χ1) is 12.9. The topological polar surface area (TPSA) is 66.9 Å². The normalized spacial score (nSPS) is 14.9. The fourth-order valence-electron chi connectivity index (χ4n) is 3.24. The first-order valence-electron chi connectivity index (χ1n) is 8.81. The summed E-state index contributed by atoms with van der Waals surface area (Å²) in [5.74, 6) is 0.709. The molecule has 27 heavy (non-hydrogen) atoms. The Morgan fingerprint density at radius 2 is 1.70 bits per heavy atom. The predicted molar refractivity (Wildman–Crippen MR) is 106 cm³/mol. The van der Waals surface area contributed by atoms with Crippen molar-refractivity contribution in [3.8, 4) is 5.75 Å². The Bertz CT molecular complexity index is 902. The molecule has 0 N–H and O–H groups in total. The number of amides is 1. The number of anilines is 1. The van der Waals surface area contributed by atoms with Gasteiger partial charge in [-0.3, -0.25) is 4.79 Å². The molecular weight excluding hydrogens is 364 g/mol. The Morgan fingerprint density at radius 1 is 1.04 bits per heavy atom. The molecule has 0 saturated carbocycles. The maximum Gasteiger partial charge on any atom is 0.253 e. The van der Waals surface area contributed by atoms with Crippen LogP contribution in [0.1, 0.15) is 15.9 Å². The summed E-state index contributed by atoms with van der Waals surface area (Å²) in [5.41, 5.74) is 2.28. The Hall–Kier alpha value is -2.54. The van der Waals surface area contributed by atoms with Crippen molar-refractivity contribution >= 4 is 21.4 Å². The smallest absolute Gasteiger partial charge is 0.253 e. The lowest BCUT2D eigenvalue weighted by molar-refractivity contribution is 0.0746. The minimum absolute atomic E-state index is 0.0558. The van der Waals surface area contributed by atoms with Crippen molar-refractivity contribution in [2.75, 3.05) is 44.4 Å². The number of piperazine rings is 1. The standard InChI is InChI=1S/C20H24N2O4S/c1-26-19-8-6-18(7-9-19)21-10-12-22(13-11-21)20(23)17-5-3-4-16(14-17)15-27(2,24)25/h3-9,14H,10-13,15H2,1-2H3. The van der Waals surface area contributed by atoms with Crippen molar-refractivity contribution in [2.45, 2.75) is 5.75 Å². The van der Waals surface area contributed by atoms with Crippen LogP contribution in [0.5, 0.6) is 5.75 Å². The van der Waals surface area contributed by atoms with Crippen LogP contribution in [0.4, 0.5) is 5.69 Å². The molecule has 0 atom stereocenters. The third-order valence-electron chi connectivity index (χ3n) is 4.61. The molecule has 0 bridgehead atoms. The van der Waals surface area contributed by atoms with Crippen molar-refractivity contribution in [1.82, 2.24) is 4.90 Å². The van der Waals surface area contributed by atoms with Gasteiger partial charge in [0.2, 0.25) is 0 Å². The molecule has 0 unspecified atom stereocenters. The first kappa shape index (κ1) is 19.2. The van der Waals surface area contributed by atoms with E-state index < -0.39 is 9.84 Å². The number of carbonyl (C=O) groups is 1. The maximum absolute atomic E-state index is 12.8. The minimum Gasteiger partial charge on any atom is -0.497 e. The Kier molecular flexibility index (Phi) is 5.70. The summed E-state index contributed by atoms with van der Waals surface area (Å²) < 4.78 is 28.2. The van der Waals surface area contributed by atoms with Gasteiger partial charge in [0.15, 0.2) is 9.84 Å². The van der Waals surface area contributed by atoms with Gasteiger partial charge in [0.25, 0.3) is 5.91 Å². The van der Waals surface area contributed by atoms with Gasteiger partial charge in [0, 0.05) is 43.7 Å². The predicted octanol–water partition coefficient (Wildman–Crippen LogP) is 2.20. The van der Waals surface area contributed by atoms with Crippen LogP contribution in [0.25, 0.3) is 0 Å². The molecule has 1 heterocycles. The van der Waals surface area contributed by atoms with Gasteiger partial charge in [-0.25, -0.2) is 8.42 Å². The van der Waals surface area contributed by atoms with Crippen LogP contribution in [0.3, 0.4) is 0 Å². The van der Waals surface area contributed by atoms with E-state index in [0.717, 1.165) is 24.5 Å². The fraction of sp³-hybridized carbons (Fsp3) is 0.350. The second-order valence-electron chi connectivity index (χ2n) is 6.75. The average Bonchev–Trinajstić information content (AvgIpc) is 2.66. The fourth-order valence-corrected chi connectivity index (χ4v) is 4.03. The molecule has 2 aromatic carbocycles. The molecule has 6 nitrogen and oxygen atoms in total. The Balaban J connectivity index is 1.63. The summed E-state index contributed by atoms with van der Waals surface area (Å²) in [6.07, 6.45) is 1.19. The summed E-state index contributed by atoms with van der Waals surface area (Å²) in [6, 6.07) is 14.8. The van der Waals surface area contributed by atoms with Gasteiger partial charge in [-0.15, -0.1) is 0 Å². The van der Waals surface area contributed by atoms with E-state index in [2.05, 4.69) is 4.90 Å². The molecule has 1 aliphatic rings. The molecule has 0 spiro atoms. The zero-order valence-electron chi connectivity index (χ0n) is 15.6. The minimum atomic E-state index is -3.13. The van der Waals surface area contributed by atoms with E-state index in [-0.39, 0.29) is 11.7 Å². The third kappa shape index (κ3) is 5.01. The van der Waals surface area contributed by atoms with Gasteiger partial charge >= 0.3 is 0 Å². The lowest BCUT2D eigenvalue weighted by Crippen LogP contribution is -2.48. The van der Waals surface area contributed by atoms with Crippen LogP contribution < -0.4 is 9.64 Å². The maximum atomic E-state index is 12.8. The van der Waals surface area contributed by atoms with Crippen LogP contribution in [-0.4, -0.2) is 58.8 Å². The zero-order valence-corrected chi connectivity index (χ0v) is 16.4. The van der Waals surface area contributed by atoms with E-state index in [1.54, 1.807) is 31.4 Å². The van der Waals surface area contributed by atoms with E-state index in [1.165, 1.54) is 6.26 Å². The van der Waals surface area contributed by atoms with Crippen LogP contribution in [0.15, 0.2) is 48.5 Å². The van der Waals surface area contributed by atoms with Gasteiger partial charge in [-0.05, 0) is 42.0 Å². The number of benzene rings is 2. The number of carbonyl (C=O) groups excluding carboxylic acids is 1. The summed E-state index contributed by atoms with van der Waals surface area (Å²) in [5, 5.41) is 0. The summed E-state index contributed by atoms with van der Waals surface area (Å²) >= 11 is 0. The molecule has 1 fully saturated rings. The van der Waals surface area contributed by atoms with Crippen molar-refractivity contribution in [2.24, 2.45) is 0 Å². The van der Waals surface area contributed by atoms with Gasteiger partial charge in [-0.1, -0.05) is 12.1 Å². The number of sulfone groups is 1. The van der Waals surface area contributed by atoms with Gasteiger partial charge in [0.1, 0.15) is 5.75 Å². The number of rotatable bonds is 5. The van der Waals surface area contributed by atoms with E-state index in [9.17, 15) is 13.2 Å². The van der Waals surface area contributed by atoms with Crippen LogP contribution in [-0.2, 0) is 15.6 Å². The highest BCUT2D eigenvalue weighted by atomic mass is 32.2. The number of ether oxygens (including phenoxy) is 1. The molecule has 2 aromatic rings.